The van der Waals surface area contributed by atoms with E-state index in [1.54, 1.807) is 0 Å². The fourth-order valence-electron chi connectivity index (χ4n) is 2.92. The third-order valence-corrected chi connectivity index (χ3v) is 8.51. The van der Waals surface area contributed by atoms with Gasteiger partial charge in [0.25, 0.3) is 0 Å². The summed E-state index contributed by atoms with van der Waals surface area (Å²) in [6.45, 7) is 3.66. The molecule has 0 aromatic heterocycles. The molecule has 0 radical (unpaired) electrons. The summed E-state index contributed by atoms with van der Waals surface area (Å²) >= 11 is 0. The Morgan fingerprint density at radius 2 is 1.77 bits per heavy atom. The molecule has 1 aliphatic rings. The molecule has 0 aromatic rings. The average molecular weight is 413 g/mol. The molecule has 0 aromatic carbocycles. The van der Waals surface area contributed by atoms with Gasteiger partial charge in [-0.1, -0.05) is 26.7 Å². The maximum absolute atomic E-state index is 12.7. The van der Waals surface area contributed by atoms with E-state index in [1.165, 1.54) is 0 Å². The largest absolute Gasteiger partial charge is 0.459 e. The number of primary amides is 1. The zero-order valence-corrected chi connectivity index (χ0v) is 16.8. The Balaban J connectivity index is 3.01. The molecule has 0 bridgehead atoms. The van der Waals surface area contributed by atoms with E-state index < -0.39 is 54.2 Å². The summed E-state index contributed by atoms with van der Waals surface area (Å²) in [4.78, 5) is 24.2. The van der Waals surface area contributed by atoms with Gasteiger partial charge in [-0.05, 0) is 19.3 Å². The second-order valence-electron chi connectivity index (χ2n) is 6.77. The van der Waals surface area contributed by atoms with Crippen LogP contribution in [0.1, 0.15) is 46.0 Å². The van der Waals surface area contributed by atoms with Gasteiger partial charge >= 0.3 is 5.97 Å². The third-order valence-electron chi connectivity index (χ3n) is 4.43. The van der Waals surface area contributed by atoms with E-state index in [-0.39, 0.29) is 17.9 Å². The highest BCUT2D eigenvalue weighted by Crippen LogP contribution is 2.22. The summed E-state index contributed by atoms with van der Waals surface area (Å²) in [6, 6.07) is 0. The first-order valence-electron chi connectivity index (χ1n) is 8.59. The lowest BCUT2D eigenvalue weighted by molar-refractivity contribution is -0.156. The van der Waals surface area contributed by atoms with Gasteiger partial charge in [0, 0.05) is 0 Å². The van der Waals surface area contributed by atoms with Crippen LogP contribution in [0.3, 0.4) is 0 Å². The number of hydrogen-bond donors (Lipinski definition) is 2. The van der Waals surface area contributed by atoms with Gasteiger partial charge in [-0.25, -0.2) is 21.6 Å². The van der Waals surface area contributed by atoms with Crippen molar-refractivity contribution >= 4 is 31.6 Å². The van der Waals surface area contributed by atoms with Crippen LogP contribution in [0.15, 0.2) is 0 Å². The third kappa shape index (κ3) is 5.65. The van der Waals surface area contributed by atoms with Crippen molar-refractivity contribution < 1.29 is 31.2 Å². The molecule has 0 unspecified atom stereocenters. The maximum atomic E-state index is 12.7. The summed E-state index contributed by atoms with van der Waals surface area (Å²) in [5.74, 6) is -4.11. The first-order valence-corrected chi connectivity index (χ1v) is 12.1. The van der Waals surface area contributed by atoms with Crippen molar-refractivity contribution in [3.63, 3.8) is 0 Å². The Kier molecular flexibility index (Phi) is 7.61. The minimum absolute atomic E-state index is 0.0734. The van der Waals surface area contributed by atoms with Gasteiger partial charge in [0.1, 0.15) is 6.10 Å². The van der Waals surface area contributed by atoms with Crippen LogP contribution >= 0.6 is 0 Å². The minimum atomic E-state index is -3.90. The number of rotatable bonds is 10. The van der Waals surface area contributed by atoms with Crippen molar-refractivity contribution in [2.24, 2.45) is 11.5 Å². The number of nitrogens with two attached hydrogens (primary N) is 2. The Morgan fingerprint density at radius 1 is 1.23 bits per heavy atom. The Hall–Kier alpha value is -1.20. The highest BCUT2D eigenvalue weighted by molar-refractivity contribution is 7.92. The molecule has 0 spiro atoms. The summed E-state index contributed by atoms with van der Waals surface area (Å²) in [7, 11) is -7.22. The van der Waals surface area contributed by atoms with Crippen molar-refractivity contribution in [3.8, 4) is 0 Å². The van der Waals surface area contributed by atoms with E-state index in [0.29, 0.717) is 25.7 Å². The molecule has 1 amide bonds. The van der Waals surface area contributed by atoms with Crippen molar-refractivity contribution in [2.75, 3.05) is 17.3 Å². The molecule has 11 heteroatoms. The summed E-state index contributed by atoms with van der Waals surface area (Å²) in [5.41, 5.74) is 8.43. The SMILES string of the molecule is CCCC(CCC)S(=O)(=O)C[C@](N)(C(N)=O)C(=O)O[C@H]1CCS(=O)(=O)C1. The maximum Gasteiger partial charge on any atom is 0.337 e. The van der Waals surface area contributed by atoms with Gasteiger partial charge in [0.15, 0.2) is 19.7 Å². The Morgan fingerprint density at radius 3 is 2.15 bits per heavy atom. The van der Waals surface area contributed by atoms with Gasteiger partial charge in [-0.15, -0.1) is 0 Å². The van der Waals surface area contributed by atoms with Gasteiger partial charge in [-0.3, -0.25) is 4.79 Å². The van der Waals surface area contributed by atoms with Crippen LogP contribution in [-0.2, 0) is 34.0 Å². The topological polar surface area (TPSA) is 164 Å². The standard InChI is InChI=1S/C15H28N2O7S2/c1-3-5-12(6-4-2)26(22,23)10-15(17,13(16)18)14(19)24-11-7-8-25(20,21)9-11/h11-12H,3-10,17H2,1-2H3,(H2,16,18)/t11-,15-/m0/s1. The molecule has 152 valence electrons. The second-order valence-corrected chi connectivity index (χ2v) is 11.3. The zero-order valence-electron chi connectivity index (χ0n) is 15.1. The number of ether oxygens (including phenoxy) is 1. The number of sulfone groups is 2. The lowest BCUT2D eigenvalue weighted by Gasteiger charge is -2.27. The van der Waals surface area contributed by atoms with E-state index in [4.69, 9.17) is 16.2 Å². The smallest absolute Gasteiger partial charge is 0.337 e. The normalized spacial score (nSPS) is 22.1. The van der Waals surface area contributed by atoms with Crippen molar-refractivity contribution in [1.82, 2.24) is 0 Å². The molecule has 1 fully saturated rings. The van der Waals surface area contributed by atoms with Crippen LogP contribution in [0.4, 0.5) is 0 Å². The van der Waals surface area contributed by atoms with E-state index in [1.807, 2.05) is 13.8 Å². The number of carbonyl (C=O) groups is 2. The molecular weight excluding hydrogens is 384 g/mol. The molecule has 2 atom stereocenters. The molecular formula is C15H28N2O7S2. The van der Waals surface area contributed by atoms with Crippen molar-refractivity contribution in [2.45, 2.75) is 62.8 Å². The Bertz CT molecular complexity index is 727. The molecule has 1 heterocycles. The van der Waals surface area contributed by atoms with E-state index >= 15 is 0 Å². The van der Waals surface area contributed by atoms with Crippen LogP contribution in [0, 0.1) is 0 Å². The molecule has 9 nitrogen and oxygen atoms in total. The molecule has 0 saturated carbocycles. The molecule has 1 aliphatic heterocycles. The van der Waals surface area contributed by atoms with Crippen molar-refractivity contribution in [3.05, 3.63) is 0 Å². The molecule has 0 aliphatic carbocycles. The zero-order chi connectivity index (χ0) is 20.2. The highest BCUT2D eigenvalue weighted by Gasteiger charge is 2.49. The predicted octanol–water partition coefficient (Wildman–Crippen LogP) is -0.717. The quantitative estimate of drug-likeness (QED) is 0.351. The predicted molar refractivity (Wildman–Crippen MR) is 96.7 cm³/mol. The first-order chi connectivity index (χ1) is 11.9. The van der Waals surface area contributed by atoms with E-state index in [0.717, 1.165) is 0 Å². The van der Waals surface area contributed by atoms with Gasteiger partial charge < -0.3 is 16.2 Å². The average Bonchev–Trinajstić information content (AvgIpc) is 2.85. The second kappa shape index (κ2) is 8.66. The van der Waals surface area contributed by atoms with Crippen molar-refractivity contribution in [1.29, 1.82) is 0 Å². The fourth-order valence-corrected chi connectivity index (χ4v) is 6.83. The fraction of sp³-hybridized carbons (Fsp3) is 0.867. The van der Waals surface area contributed by atoms with E-state index in [9.17, 15) is 26.4 Å². The number of esters is 1. The van der Waals surface area contributed by atoms with Crippen LogP contribution in [0.2, 0.25) is 0 Å². The minimum Gasteiger partial charge on any atom is -0.459 e. The number of amides is 1. The monoisotopic (exact) mass is 412 g/mol. The van der Waals surface area contributed by atoms with E-state index in [2.05, 4.69) is 0 Å². The van der Waals surface area contributed by atoms with Crippen LogP contribution < -0.4 is 11.5 Å². The molecule has 4 N–H and O–H groups in total. The lowest BCUT2D eigenvalue weighted by Crippen LogP contribution is -2.64. The highest BCUT2D eigenvalue weighted by atomic mass is 32.2. The Labute approximate surface area is 154 Å². The number of carbonyl (C=O) groups excluding carboxylic acids is 2. The van der Waals surface area contributed by atoms with Crippen LogP contribution in [0.5, 0.6) is 0 Å². The summed E-state index contributed by atoms with van der Waals surface area (Å²) in [5, 5.41) is -0.737. The van der Waals surface area contributed by atoms with Gasteiger partial charge in [-0.2, -0.15) is 0 Å². The summed E-state index contributed by atoms with van der Waals surface area (Å²) in [6.07, 6.45) is 1.09. The van der Waals surface area contributed by atoms with Gasteiger partial charge in [0.05, 0.1) is 22.5 Å². The van der Waals surface area contributed by atoms with Crippen LogP contribution in [0.25, 0.3) is 0 Å². The molecule has 1 saturated heterocycles. The molecule has 26 heavy (non-hydrogen) atoms. The molecule has 1 rings (SSSR count). The van der Waals surface area contributed by atoms with Crippen LogP contribution in [-0.4, -0.2) is 62.9 Å². The van der Waals surface area contributed by atoms with Gasteiger partial charge in [0.2, 0.25) is 11.4 Å². The lowest BCUT2D eigenvalue weighted by atomic mass is 10.0. The summed E-state index contributed by atoms with van der Waals surface area (Å²) < 4.78 is 53.3. The first kappa shape index (κ1) is 22.8. The number of hydrogen-bond acceptors (Lipinski definition) is 8.